The third-order valence-corrected chi connectivity index (χ3v) is 3.87. The van der Waals surface area contributed by atoms with E-state index < -0.39 is 5.97 Å². The van der Waals surface area contributed by atoms with E-state index in [4.69, 9.17) is 4.74 Å². The maximum atomic E-state index is 11.7. The molecule has 2 rings (SSSR count). The van der Waals surface area contributed by atoms with Crippen molar-refractivity contribution in [2.24, 2.45) is 0 Å². The van der Waals surface area contributed by atoms with Crippen LogP contribution in [0.25, 0.3) is 11.6 Å². The number of rotatable bonds is 7. The van der Waals surface area contributed by atoms with Crippen LogP contribution in [0.3, 0.4) is 0 Å². The monoisotopic (exact) mass is 324 g/mol. The number of hydrogen-bond donors (Lipinski definition) is 1. The fourth-order valence-electron chi connectivity index (χ4n) is 2.44. The Morgan fingerprint density at radius 1 is 1.12 bits per heavy atom. The van der Waals surface area contributed by atoms with Crippen LogP contribution in [0.1, 0.15) is 42.0 Å². The minimum atomic E-state index is -0.924. The maximum absolute atomic E-state index is 11.7. The van der Waals surface area contributed by atoms with Gasteiger partial charge in [-0.15, -0.1) is 0 Å². The topological polar surface area (TPSA) is 46.5 Å². The number of carboxylic acids is 1. The number of hydrogen-bond acceptors (Lipinski definition) is 2. The van der Waals surface area contributed by atoms with Crippen molar-refractivity contribution >= 4 is 17.6 Å². The van der Waals surface area contributed by atoms with Gasteiger partial charge in [0.05, 0.1) is 12.2 Å². The molecule has 0 amide bonds. The van der Waals surface area contributed by atoms with Gasteiger partial charge in [0.2, 0.25) is 0 Å². The largest absolute Gasteiger partial charge is 0.494 e. The van der Waals surface area contributed by atoms with E-state index in [2.05, 4.69) is 6.92 Å². The fraction of sp³-hybridized carbons (Fsp3) is 0.286. The molecule has 0 aliphatic carbocycles. The van der Waals surface area contributed by atoms with E-state index in [1.807, 2.05) is 56.3 Å². The molecular formula is C21H24O3. The second kappa shape index (κ2) is 8.34. The first kappa shape index (κ1) is 17.8. The van der Waals surface area contributed by atoms with Gasteiger partial charge >= 0.3 is 5.97 Å². The standard InChI is InChI=1S/C21H24O3/c1-4-5-12-24-18-10-8-17(9-11-18)14-20(21(22)23)19-13-15(2)6-7-16(19)3/h6-11,13-14H,4-5,12H2,1-3H3,(H,22,23)/b20-14-. The zero-order valence-electron chi connectivity index (χ0n) is 14.5. The molecule has 0 saturated heterocycles. The summed E-state index contributed by atoms with van der Waals surface area (Å²) in [6.45, 7) is 6.72. The Hall–Kier alpha value is -2.55. The average molecular weight is 324 g/mol. The van der Waals surface area contributed by atoms with Crippen molar-refractivity contribution in [3.8, 4) is 5.75 Å². The molecule has 0 unspecified atom stereocenters. The molecule has 24 heavy (non-hydrogen) atoms. The number of carboxylic acid groups (broad SMARTS) is 1. The van der Waals surface area contributed by atoms with Crippen molar-refractivity contribution in [2.75, 3.05) is 6.61 Å². The lowest BCUT2D eigenvalue weighted by Crippen LogP contribution is -2.02. The first-order valence-corrected chi connectivity index (χ1v) is 8.26. The molecule has 3 heteroatoms. The molecule has 1 N–H and O–H groups in total. The Kier molecular flexibility index (Phi) is 6.19. The highest BCUT2D eigenvalue weighted by Gasteiger charge is 2.13. The van der Waals surface area contributed by atoms with Crippen LogP contribution in [0.2, 0.25) is 0 Å². The van der Waals surface area contributed by atoms with Crippen molar-refractivity contribution in [2.45, 2.75) is 33.6 Å². The summed E-state index contributed by atoms with van der Waals surface area (Å²) >= 11 is 0. The average Bonchev–Trinajstić information content (AvgIpc) is 2.56. The molecule has 0 heterocycles. The molecule has 0 saturated carbocycles. The van der Waals surface area contributed by atoms with Gasteiger partial charge in [-0.25, -0.2) is 4.79 Å². The first-order valence-electron chi connectivity index (χ1n) is 8.26. The van der Waals surface area contributed by atoms with Gasteiger partial charge in [0.15, 0.2) is 0 Å². The minimum Gasteiger partial charge on any atom is -0.494 e. The van der Waals surface area contributed by atoms with E-state index in [1.165, 1.54) is 0 Å². The summed E-state index contributed by atoms with van der Waals surface area (Å²) in [4.78, 5) is 11.7. The van der Waals surface area contributed by atoms with E-state index in [-0.39, 0.29) is 0 Å². The molecule has 0 radical (unpaired) electrons. The highest BCUT2D eigenvalue weighted by Crippen LogP contribution is 2.24. The van der Waals surface area contributed by atoms with Crippen molar-refractivity contribution in [1.29, 1.82) is 0 Å². The molecule has 3 nitrogen and oxygen atoms in total. The molecule has 0 fully saturated rings. The van der Waals surface area contributed by atoms with Gasteiger partial charge in [0, 0.05) is 0 Å². The van der Waals surface area contributed by atoms with Crippen molar-refractivity contribution in [1.82, 2.24) is 0 Å². The smallest absolute Gasteiger partial charge is 0.336 e. The summed E-state index contributed by atoms with van der Waals surface area (Å²) in [5.74, 6) is -0.115. The number of ether oxygens (including phenoxy) is 1. The SMILES string of the molecule is CCCCOc1ccc(/C=C(\C(=O)O)c2cc(C)ccc2C)cc1. The highest BCUT2D eigenvalue weighted by molar-refractivity contribution is 6.21. The molecule has 0 aliphatic heterocycles. The molecule has 0 atom stereocenters. The van der Waals surface area contributed by atoms with Crippen LogP contribution in [0.15, 0.2) is 42.5 Å². The van der Waals surface area contributed by atoms with Crippen LogP contribution >= 0.6 is 0 Å². The Balaban J connectivity index is 2.28. The summed E-state index contributed by atoms with van der Waals surface area (Å²) in [7, 11) is 0. The zero-order valence-corrected chi connectivity index (χ0v) is 14.5. The van der Waals surface area contributed by atoms with Crippen LogP contribution in [-0.4, -0.2) is 17.7 Å². The van der Waals surface area contributed by atoms with Crippen molar-refractivity contribution in [3.05, 3.63) is 64.7 Å². The fourth-order valence-corrected chi connectivity index (χ4v) is 2.44. The third-order valence-electron chi connectivity index (χ3n) is 3.87. The van der Waals surface area contributed by atoms with Crippen molar-refractivity contribution in [3.63, 3.8) is 0 Å². The number of benzene rings is 2. The zero-order chi connectivity index (χ0) is 17.5. The second-order valence-electron chi connectivity index (χ2n) is 5.95. The van der Waals surface area contributed by atoms with Crippen LogP contribution in [0.4, 0.5) is 0 Å². The molecule has 0 aromatic heterocycles. The van der Waals surface area contributed by atoms with Crippen LogP contribution in [-0.2, 0) is 4.79 Å². The van der Waals surface area contributed by atoms with E-state index in [0.717, 1.165) is 40.8 Å². The summed E-state index contributed by atoms with van der Waals surface area (Å²) < 4.78 is 5.64. The van der Waals surface area contributed by atoms with Crippen LogP contribution in [0.5, 0.6) is 5.75 Å². The molecule has 0 bridgehead atoms. The minimum absolute atomic E-state index is 0.302. The van der Waals surface area contributed by atoms with Gasteiger partial charge in [-0.05, 0) is 55.2 Å². The predicted octanol–water partition coefficient (Wildman–Crippen LogP) is 5.11. The van der Waals surface area contributed by atoms with E-state index in [0.29, 0.717) is 12.2 Å². The van der Waals surface area contributed by atoms with Crippen LogP contribution in [0, 0.1) is 13.8 Å². The lowest BCUT2D eigenvalue weighted by Gasteiger charge is -2.09. The summed E-state index contributed by atoms with van der Waals surface area (Å²) in [6, 6.07) is 13.4. The van der Waals surface area contributed by atoms with E-state index >= 15 is 0 Å². The Labute approximate surface area is 143 Å². The predicted molar refractivity (Wildman–Crippen MR) is 98.3 cm³/mol. The molecule has 0 aliphatic rings. The quantitative estimate of drug-likeness (QED) is 0.437. The van der Waals surface area contributed by atoms with Gasteiger partial charge in [-0.1, -0.05) is 49.2 Å². The summed E-state index contributed by atoms with van der Waals surface area (Å²) in [5.41, 5.74) is 3.90. The Morgan fingerprint density at radius 2 is 1.83 bits per heavy atom. The number of aliphatic carboxylic acids is 1. The van der Waals surface area contributed by atoms with E-state index in [9.17, 15) is 9.90 Å². The molecule has 2 aromatic rings. The molecule has 2 aromatic carbocycles. The number of aryl methyl sites for hydroxylation is 2. The summed E-state index contributed by atoms with van der Waals surface area (Å²) in [5, 5.41) is 9.61. The lowest BCUT2D eigenvalue weighted by atomic mass is 9.96. The van der Waals surface area contributed by atoms with Crippen molar-refractivity contribution < 1.29 is 14.6 Å². The number of carbonyl (C=O) groups is 1. The Morgan fingerprint density at radius 3 is 2.46 bits per heavy atom. The van der Waals surface area contributed by atoms with Gasteiger partial charge in [-0.3, -0.25) is 0 Å². The third kappa shape index (κ3) is 4.72. The molecular weight excluding hydrogens is 300 g/mol. The van der Waals surface area contributed by atoms with E-state index in [1.54, 1.807) is 6.08 Å². The molecule has 126 valence electrons. The van der Waals surface area contributed by atoms with Gasteiger partial charge in [0.25, 0.3) is 0 Å². The van der Waals surface area contributed by atoms with Gasteiger partial charge in [0.1, 0.15) is 5.75 Å². The second-order valence-corrected chi connectivity index (χ2v) is 5.95. The highest BCUT2D eigenvalue weighted by atomic mass is 16.5. The summed E-state index contributed by atoms with van der Waals surface area (Å²) in [6.07, 6.45) is 3.83. The first-order chi connectivity index (χ1) is 11.5. The molecule has 0 spiro atoms. The van der Waals surface area contributed by atoms with Gasteiger partial charge < -0.3 is 9.84 Å². The maximum Gasteiger partial charge on any atom is 0.336 e. The normalized spacial score (nSPS) is 11.4. The number of unbranched alkanes of at least 4 members (excludes halogenated alkanes) is 1. The van der Waals surface area contributed by atoms with Gasteiger partial charge in [-0.2, -0.15) is 0 Å². The van der Waals surface area contributed by atoms with Crippen LogP contribution < -0.4 is 4.74 Å². The Bertz CT molecular complexity index is 727. The lowest BCUT2D eigenvalue weighted by molar-refractivity contribution is -0.130.